The van der Waals surface area contributed by atoms with E-state index in [1.165, 1.54) is 16.0 Å². The highest BCUT2D eigenvalue weighted by Crippen LogP contribution is 2.29. The van der Waals surface area contributed by atoms with E-state index in [0.717, 1.165) is 25.1 Å². The summed E-state index contributed by atoms with van der Waals surface area (Å²) < 4.78 is 0. The molecule has 2 N–H and O–H groups in total. The summed E-state index contributed by atoms with van der Waals surface area (Å²) in [7, 11) is 0. The quantitative estimate of drug-likeness (QED) is 0.603. The predicted molar refractivity (Wildman–Crippen MR) is 119 cm³/mol. The summed E-state index contributed by atoms with van der Waals surface area (Å²) in [6.45, 7) is 2.51. The van der Waals surface area contributed by atoms with E-state index in [9.17, 15) is 9.59 Å². The number of carbonyl (C=O) groups excluding carboxylic acids is 2. The summed E-state index contributed by atoms with van der Waals surface area (Å²) in [6.07, 6.45) is 0.990. The Bertz CT molecular complexity index is 989. The largest absolute Gasteiger partial charge is 0.346 e. The van der Waals surface area contributed by atoms with Crippen LogP contribution in [0.1, 0.15) is 27.6 Å². The first-order chi connectivity index (χ1) is 14.7. The van der Waals surface area contributed by atoms with Gasteiger partial charge < -0.3 is 10.6 Å². The van der Waals surface area contributed by atoms with Gasteiger partial charge in [-0.1, -0.05) is 60.7 Å². The number of amides is 2. The molecule has 5 nitrogen and oxygen atoms in total. The van der Waals surface area contributed by atoms with Gasteiger partial charge >= 0.3 is 11.8 Å². The van der Waals surface area contributed by atoms with Crippen LogP contribution in [0.25, 0.3) is 0 Å². The van der Waals surface area contributed by atoms with Crippen LogP contribution >= 0.6 is 11.3 Å². The summed E-state index contributed by atoms with van der Waals surface area (Å²) in [4.78, 5) is 28.2. The Morgan fingerprint density at radius 1 is 0.900 bits per heavy atom. The Balaban J connectivity index is 1.37. The molecular weight excluding hydrogens is 394 g/mol. The summed E-state index contributed by atoms with van der Waals surface area (Å²) >= 11 is 1.68. The standard InChI is InChI=1S/C24H25N3O2S/c28-23(25-15-18-7-2-1-3-8-18)24(29)26-16-21(22-11-6-14-30-22)27-13-12-19-9-4-5-10-20(19)17-27/h1-11,14,21H,12-13,15-17H2,(H,25,28)(H,26,29)/t21-/m1/s1. The number of rotatable bonds is 6. The zero-order chi connectivity index (χ0) is 20.8. The summed E-state index contributed by atoms with van der Waals surface area (Å²) in [5, 5.41) is 7.58. The van der Waals surface area contributed by atoms with Crippen molar-refractivity contribution in [2.24, 2.45) is 0 Å². The van der Waals surface area contributed by atoms with Crippen molar-refractivity contribution in [2.75, 3.05) is 13.1 Å². The summed E-state index contributed by atoms with van der Waals surface area (Å²) in [6, 6.07) is 22.2. The molecule has 2 heterocycles. The molecule has 2 aromatic carbocycles. The van der Waals surface area contributed by atoms with Gasteiger partial charge in [-0.3, -0.25) is 14.5 Å². The van der Waals surface area contributed by atoms with Gasteiger partial charge in [-0.2, -0.15) is 0 Å². The van der Waals surface area contributed by atoms with Crippen LogP contribution in [-0.4, -0.2) is 29.8 Å². The molecule has 0 unspecified atom stereocenters. The van der Waals surface area contributed by atoms with Gasteiger partial charge in [0, 0.05) is 31.1 Å². The SMILES string of the molecule is O=C(NCc1ccccc1)C(=O)NC[C@H](c1cccs1)N1CCc2ccccc2C1. The van der Waals surface area contributed by atoms with Crippen molar-refractivity contribution in [1.82, 2.24) is 15.5 Å². The van der Waals surface area contributed by atoms with Crippen molar-refractivity contribution in [1.29, 1.82) is 0 Å². The molecule has 0 saturated heterocycles. The van der Waals surface area contributed by atoms with Crippen LogP contribution in [0.3, 0.4) is 0 Å². The number of hydrogen-bond donors (Lipinski definition) is 2. The van der Waals surface area contributed by atoms with Crippen LogP contribution in [0, 0.1) is 0 Å². The number of hydrogen-bond acceptors (Lipinski definition) is 4. The van der Waals surface area contributed by atoms with Gasteiger partial charge in [0.05, 0.1) is 6.04 Å². The van der Waals surface area contributed by atoms with Crippen LogP contribution in [-0.2, 0) is 29.1 Å². The van der Waals surface area contributed by atoms with Crippen molar-refractivity contribution in [3.05, 3.63) is 93.7 Å². The second-order valence-corrected chi connectivity index (χ2v) is 8.38. The van der Waals surface area contributed by atoms with E-state index in [4.69, 9.17) is 0 Å². The first-order valence-electron chi connectivity index (χ1n) is 10.1. The van der Waals surface area contributed by atoms with Gasteiger partial charge in [0.1, 0.15) is 0 Å². The van der Waals surface area contributed by atoms with E-state index < -0.39 is 11.8 Å². The molecule has 1 aliphatic rings. The van der Waals surface area contributed by atoms with Crippen molar-refractivity contribution in [2.45, 2.75) is 25.6 Å². The van der Waals surface area contributed by atoms with E-state index in [2.05, 4.69) is 51.2 Å². The van der Waals surface area contributed by atoms with Crippen molar-refractivity contribution in [3.63, 3.8) is 0 Å². The molecule has 154 valence electrons. The second kappa shape index (κ2) is 9.69. The van der Waals surface area contributed by atoms with Crippen LogP contribution < -0.4 is 10.6 Å². The van der Waals surface area contributed by atoms with Gasteiger partial charge in [-0.15, -0.1) is 11.3 Å². The topological polar surface area (TPSA) is 61.4 Å². The second-order valence-electron chi connectivity index (χ2n) is 7.40. The molecule has 2 amide bonds. The van der Waals surface area contributed by atoms with Gasteiger partial charge in [0.2, 0.25) is 0 Å². The molecular formula is C24H25N3O2S. The molecule has 1 aliphatic heterocycles. The first-order valence-corrected chi connectivity index (χ1v) is 11.0. The van der Waals surface area contributed by atoms with Crippen LogP contribution in [0.5, 0.6) is 0 Å². The fraction of sp³-hybridized carbons (Fsp3) is 0.250. The van der Waals surface area contributed by atoms with Gasteiger partial charge in [0.15, 0.2) is 0 Å². The normalized spacial score (nSPS) is 14.5. The highest BCUT2D eigenvalue weighted by atomic mass is 32.1. The Hall–Kier alpha value is -2.96. The lowest BCUT2D eigenvalue weighted by Gasteiger charge is -2.35. The zero-order valence-electron chi connectivity index (χ0n) is 16.7. The Kier molecular flexibility index (Phi) is 6.57. The Morgan fingerprint density at radius 3 is 2.40 bits per heavy atom. The minimum atomic E-state index is -0.604. The molecule has 0 radical (unpaired) electrons. The first kappa shape index (κ1) is 20.3. The number of fused-ring (bicyclic) bond motifs is 1. The lowest BCUT2D eigenvalue weighted by Crippen LogP contribution is -2.44. The molecule has 30 heavy (non-hydrogen) atoms. The van der Waals surface area contributed by atoms with Gasteiger partial charge in [0.25, 0.3) is 0 Å². The highest BCUT2D eigenvalue weighted by Gasteiger charge is 2.26. The Morgan fingerprint density at radius 2 is 1.63 bits per heavy atom. The van der Waals surface area contributed by atoms with E-state index in [0.29, 0.717) is 13.1 Å². The van der Waals surface area contributed by atoms with Crippen molar-refractivity contribution < 1.29 is 9.59 Å². The lowest BCUT2D eigenvalue weighted by atomic mass is 9.98. The van der Waals surface area contributed by atoms with E-state index in [-0.39, 0.29) is 6.04 Å². The molecule has 6 heteroatoms. The maximum absolute atomic E-state index is 12.4. The van der Waals surface area contributed by atoms with Crippen molar-refractivity contribution in [3.8, 4) is 0 Å². The maximum atomic E-state index is 12.4. The zero-order valence-corrected chi connectivity index (χ0v) is 17.5. The molecule has 1 atom stereocenters. The summed E-state index contributed by atoms with van der Waals surface area (Å²) in [5.41, 5.74) is 3.68. The molecule has 3 aromatic rings. The fourth-order valence-corrected chi connectivity index (χ4v) is 4.66. The number of carbonyl (C=O) groups is 2. The third-order valence-corrected chi connectivity index (χ3v) is 6.40. The number of nitrogens with one attached hydrogen (secondary N) is 2. The van der Waals surface area contributed by atoms with Crippen molar-refractivity contribution >= 4 is 23.2 Å². The third kappa shape index (κ3) is 4.96. The van der Waals surface area contributed by atoms with Crippen LogP contribution in [0.15, 0.2) is 72.1 Å². The maximum Gasteiger partial charge on any atom is 0.309 e. The molecule has 0 saturated carbocycles. The minimum Gasteiger partial charge on any atom is -0.346 e. The average Bonchev–Trinajstić information content (AvgIpc) is 3.32. The van der Waals surface area contributed by atoms with Crippen LogP contribution in [0.2, 0.25) is 0 Å². The molecule has 0 fully saturated rings. The average molecular weight is 420 g/mol. The minimum absolute atomic E-state index is 0.0456. The monoisotopic (exact) mass is 419 g/mol. The van der Waals surface area contributed by atoms with Gasteiger partial charge in [-0.05, 0) is 34.6 Å². The molecule has 0 spiro atoms. The van der Waals surface area contributed by atoms with Gasteiger partial charge in [-0.25, -0.2) is 0 Å². The number of benzene rings is 2. The van der Waals surface area contributed by atoms with Crippen LogP contribution in [0.4, 0.5) is 0 Å². The van der Waals surface area contributed by atoms with E-state index in [1.54, 1.807) is 11.3 Å². The number of thiophene rings is 1. The third-order valence-electron chi connectivity index (χ3n) is 5.43. The number of nitrogens with zero attached hydrogens (tertiary/aromatic N) is 1. The molecule has 0 aliphatic carbocycles. The smallest absolute Gasteiger partial charge is 0.309 e. The fourth-order valence-electron chi connectivity index (χ4n) is 3.80. The highest BCUT2D eigenvalue weighted by molar-refractivity contribution is 7.10. The lowest BCUT2D eigenvalue weighted by molar-refractivity contribution is -0.139. The molecule has 1 aromatic heterocycles. The molecule has 0 bridgehead atoms. The summed E-state index contributed by atoms with van der Waals surface area (Å²) in [5.74, 6) is -1.20. The van der Waals surface area contributed by atoms with E-state index >= 15 is 0 Å². The Labute approximate surface area is 180 Å². The van der Waals surface area contributed by atoms with E-state index in [1.807, 2.05) is 36.4 Å². The molecule has 4 rings (SSSR count). The predicted octanol–water partition coefficient (Wildman–Crippen LogP) is 3.28.